The molecule has 4 nitrogen and oxygen atoms in total. The molecule has 1 aliphatic heterocycles. The highest BCUT2D eigenvalue weighted by Gasteiger charge is 2.32. The summed E-state index contributed by atoms with van der Waals surface area (Å²) in [5.41, 5.74) is 2.02. The third-order valence-corrected chi connectivity index (χ3v) is 4.53. The molecular weight excluding hydrogens is 317 g/mol. The van der Waals surface area contributed by atoms with Crippen molar-refractivity contribution in [1.82, 2.24) is 14.9 Å². The van der Waals surface area contributed by atoms with Crippen molar-refractivity contribution in [2.24, 2.45) is 5.92 Å². The van der Waals surface area contributed by atoms with Gasteiger partial charge in [0.05, 0.1) is 12.1 Å². The lowest BCUT2D eigenvalue weighted by molar-refractivity contribution is -0.148. The summed E-state index contributed by atoms with van der Waals surface area (Å²) >= 11 is 0. The minimum Gasteiger partial charge on any atom is -0.369 e. The van der Waals surface area contributed by atoms with E-state index in [-0.39, 0.29) is 0 Å². The number of alkyl halides is 3. The average molecular weight is 338 g/mol. The molecule has 0 bridgehead atoms. The van der Waals surface area contributed by atoms with Crippen LogP contribution in [-0.2, 0) is 0 Å². The van der Waals surface area contributed by atoms with Crippen molar-refractivity contribution in [3.63, 3.8) is 0 Å². The van der Waals surface area contributed by atoms with Gasteiger partial charge in [0.25, 0.3) is 0 Å². The minimum absolute atomic E-state index is 0.365. The molecule has 1 aliphatic rings. The number of piperidine rings is 1. The van der Waals surface area contributed by atoms with E-state index >= 15 is 0 Å². The van der Waals surface area contributed by atoms with Crippen LogP contribution in [0.1, 0.15) is 18.4 Å². The molecule has 2 aromatic rings. The Labute approximate surface area is 139 Å². The number of halogens is 3. The molecule has 0 atom stereocenters. The maximum atomic E-state index is 12.4. The lowest BCUT2D eigenvalue weighted by Gasteiger charge is -2.32. The number of aromatic nitrogens is 2. The highest BCUT2D eigenvalue weighted by atomic mass is 19.4. The van der Waals surface area contributed by atoms with Gasteiger partial charge in [-0.25, -0.2) is 9.97 Å². The summed E-state index contributed by atoms with van der Waals surface area (Å²) in [6, 6.07) is 5.97. The molecule has 0 saturated carbocycles. The van der Waals surface area contributed by atoms with Gasteiger partial charge in [0.2, 0.25) is 0 Å². The van der Waals surface area contributed by atoms with Gasteiger partial charge in [-0.05, 0) is 50.4 Å². The Balaban J connectivity index is 1.57. The molecule has 0 radical (unpaired) electrons. The number of benzene rings is 1. The van der Waals surface area contributed by atoms with Gasteiger partial charge < -0.3 is 5.32 Å². The van der Waals surface area contributed by atoms with E-state index in [4.69, 9.17) is 0 Å². The smallest absolute Gasteiger partial charge is 0.369 e. The van der Waals surface area contributed by atoms with Crippen LogP contribution in [0, 0.1) is 12.8 Å². The number of aryl methyl sites for hydroxylation is 1. The van der Waals surface area contributed by atoms with Gasteiger partial charge in [0.1, 0.15) is 12.1 Å². The molecule has 0 unspecified atom stereocenters. The summed E-state index contributed by atoms with van der Waals surface area (Å²) in [7, 11) is 0. The fourth-order valence-corrected chi connectivity index (χ4v) is 3.22. The van der Waals surface area contributed by atoms with Crippen LogP contribution in [0.2, 0.25) is 0 Å². The first-order chi connectivity index (χ1) is 11.4. The maximum absolute atomic E-state index is 12.4. The summed E-state index contributed by atoms with van der Waals surface area (Å²) in [6.07, 6.45) is -1.03. The van der Waals surface area contributed by atoms with E-state index in [0.29, 0.717) is 19.0 Å². The van der Waals surface area contributed by atoms with Crippen molar-refractivity contribution in [3.8, 4) is 0 Å². The van der Waals surface area contributed by atoms with Crippen LogP contribution in [0.4, 0.5) is 19.0 Å². The molecule has 0 spiro atoms. The Bertz CT molecular complexity index is 694. The lowest BCUT2D eigenvalue weighted by Crippen LogP contribution is -2.41. The van der Waals surface area contributed by atoms with Gasteiger partial charge in [-0.3, -0.25) is 4.90 Å². The molecule has 2 heterocycles. The first-order valence-corrected chi connectivity index (χ1v) is 8.16. The molecule has 1 N–H and O–H groups in total. The Morgan fingerprint density at radius 2 is 1.96 bits per heavy atom. The predicted octanol–water partition coefficient (Wildman–Crippen LogP) is 3.62. The second-order valence-corrected chi connectivity index (χ2v) is 6.41. The van der Waals surface area contributed by atoms with Gasteiger partial charge in [0, 0.05) is 11.9 Å². The van der Waals surface area contributed by atoms with E-state index in [0.717, 1.165) is 41.7 Å². The number of likely N-dealkylation sites (tertiary alicyclic amines) is 1. The Morgan fingerprint density at radius 3 is 2.67 bits per heavy atom. The zero-order chi connectivity index (χ0) is 17.2. The number of nitrogens with zero attached hydrogens (tertiary/aromatic N) is 3. The zero-order valence-corrected chi connectivity index (χ0v) is 13.6. The Hall–Kier alpha value is -1.89. The van der Waals surface area contributed by atoms with Crippen LogP contribution >= 0.6 is 0 Å². The highest BCUT2D eigenvalue weighted by Crippen LogP contribution is 2.25. The molecule has 1 saturated heterocycles. The van der Waals surface area contributed by atoms with Crippen LogP contribution in [0.25, 0.3) is 10.9 Å². The van der Waals surface area contributed by atoms with E-state index in [1.54, 1.807) is 6.33 Å². The molecule has 130 valence electrons. The normalized spacial score (nSPS) is 17.3. The summed E-state index contributed by atoms with van der Waals surface area (Å²) in [6.45, 7) is 2.92. The Kier molecular flexibility index (Phi) is 4.89. The van der Waals surface area contributed by atoms with Crippen LogP contribution in [0.15, 0.2) is 24.5 Å². The van der Waals surface area contributed by atoms with Crippen LogP contribution in [0.5, 0.6) is 0 Å². The van der Waals surface area contributed by atoms with Crippen molar-refractivity contribution in [2.75, 3.05) is 31.5 Å². The Morgan fingerprint density at radius 1 is 1.21 bits per heavy atom. The van der Waals surface area contributed by atoms with E-state index in [1.807, 2.05) is 25.1 Å². The van der Waals surface area contributed by atoms with Gasteiger partial charge >= 0.3 is 6.18 Å². The predicted molar refractivity (Wildman–Crippen MR) is 88.0 cm³/mol. The quantitative estimate of drug-likeness (QED) is 0.924. The fourth-order valence-electron chi connectivity index (χ4n) is 3.22. The van der Waals surface area contributed by atoms with Crippen LogP contribution in [0.3, 0.4) is 0 Å². The summed E-state index contributed by atoms with van der Waals surface area (Å²) < 4.78 is 37.3. The summed E-state index contributed by atoms with van der Waals surface area (Å²) in [5.74, 6) is 1.16. The molecule has 0 amide bonds. The SMILES string of the molecule is Cc1cccc2c(NCC3CCN(CC(F)(F)F)CC3)ncnc12. The molecule has 24 heavy (non-hydrogen) atoms. The van der Waals surface area contributed by atoms with Crippen LogP contribution < -0.4 is 5.32 Å². The summed E-state index contributed by atoms with van der Waals surface area (Å²) in [5, 5.41) is 4.33. The van der Waals surface area contributed by atoms with E-state index in [2.05, 4.69) is 15.3 Å². The monoisotopic (exact) mass is 338 g/mol. The number of hydrogen-bond acceptors (Lipinski definition) is 4. The largest absolute Gasteiger partial charge is 0.401 e. The first kappa shape index (κ1) is 17.0. The van der Waals surface area contributed by atoms with Gasteiger partial charge in [0.15, 0.2) is 0 Å². The molecule has 7 heteroatoms. The van der Waals surface area contributed by atoms with E-state index < -0.39 is 12.7 Å². The first-order valence-electron chi connectivity index (χ1n) is 8.16. The second kappa shape index (κ2) is 6.93. The molecule has 1 fully saturated rings. The van der Waals surface area contributed by atoms with Crippen molar-refractivity contribution < 1.29 is 13.2 Å². The molecular formula is C17H21F3N4. The van der Waals surface area contributed by atoms with Gasteiger partial charge in [-0.1, -0.05) is 12.1 Å². The maximum Gasteiger partial charge on any atom is 0.401 e. The van der Waals surface area contributed by atoms with Crippen molar-refractivity contribution in [2.45, 2.75) is 25.9 Å². The third kappa shape index (κ3) is 4.14. The third-order valence-electron chi connectivity index (χ3n) is 4.53. The molecule has 3 rings (SSSR count). The summed E-state index contributed by atoms with van der Waals surface area (Å²) in [4.78, 5) is 10.1. The average Bonchev–Trinajstić information content (AvgIpc) is 2.53. The van der Waals surface area contributed by atoms with Crippen molar-refractivity contribution in [3.05, 3.63) is 30.1 Å². The standard InChI is InChI=1S/C17H21F3N4/c1-12-3-2-4-14-15(12)22-11-23-16(14)21-9-13-5-7-24(8-6-13)10-17(18,19)20/h2-4,11,13H,5-10H2,1H3,(H,21,22,23). The molecule has 0 aliphatic carbocycles. The zero-order valence-electron chi connectivity index (χ0n) is 13.6. The number of rotatable bonds is 4. The van der Waals surface area contributed by atoms with Crippen LogP contribution in [-0.4, -0.2) is 47.2 Å². The number of nitrogens with one attached hydrogen (secondary N) is 1. The highest BCUT2D eigenvalue weighted by molar-refractivity contribution is 5.90. The molecule has 1 aromatic carbocycles. The van der Waals surface area contributed by atoms with Crippen molar-refractivity contribution >= 4 is 16.7 Å². The van der Waals surface area contributed by atoms with Gasteiger partial charge in [-0.15, -0.1) is 0 Å². The number of hydrogen-bond donors (Lipinski definition) is 1. The number of anilines is 1. The fraction of sp³-hybridized carbons (Fsp3) is 0.529. The lowest BCUT2D eigenvalue weighted by atomic mass is 9.96. The minimum atomic E-state index is -4.11. The molecule has 1 aromatic heterocycles. The number of para-hydroxylation sites is 1. The van der Waals surface area contributed by atoms with Gasteiger partial charge in [-0.2, -0.15) is 13.2 Å². The van der Waals surface area contributed by atoms with E-state index in [1.165, 1.54) is 4.90 Å². The second-order valence-electron chi connectivity index (χ2n) is 6.41. The van der Waals surface area contributed by atoms with Crippen molar-refractivity contribution in [1.29, 1.82) is 0 Å². The van der Waals surface area contributed by atoms with E-state index in [9.17, 15) is 13.2 Å². The topological polar surface area (TPSA) is 41.0 Å². The number of fused-ring (bicyclic) bond motifs is 1.